The fourth-order valence-corrected chi connectivity index (χ4v) is 5.43. The molecule has 1 heterocycles. The van der Waals surface area contributed by atoms with Gasteiger partial charge in [0.05, 0.1) is 26.5 Å². The van der Waals surface area contributed by atoms with Crippen molar-refractivity contribution in [2.75, 3.05) is 37.5 Å². The molecule has 0 aliphatic carbocycles. The second-order valence-electron chi connectivity index (χ2n) is 6.57. The summed E-state index contributed by atoms with van der Waals surface area (Å²) < 4.78 is 43.5. The second kappa shape index (κ2) is 9.92. The summed E-state index contributed by atoms with van der Waals surface area (Å²) in [5.74, 6) is 1.09. The highest BCUT2D eigenvalue weighted by Crippen LogP contribution is 2.31. The van der Waals surface area contributed by atoms with Crippen LogP contribution in [0.2, 0.25) is 0 Å². The predicted octanol–water partition coefficient (Wildman–Crippen LogP) is 4.24. The van der Waals surface area contributed by atoms with Gasteiger partial charge in [0.2, 0.25) is 0 Å². The number of sulfonamides is 1. The summed E-state index contributed by atoms with van der Waals surface area (Å²) in [5.41, 5.74) is 0.867. The molecule has 0 aliphatic rings. The van der Waals surface area contributed by atoms with Gasteiger partial charge in [0, 0.05) is 30.9 Å². The number of nitrogens with one attached hydrogen (secondary N) is 1. The lowest BCUT2D eigenvalue weighted by molar-refractivity contribution is 0.102. The number of rotatable bonds is 9. The second-order valence-corrected chi connectivity index (χ2v) is 9.42. The van der Waals surface area contributed by atoms with E-state index in [2.05, 4.69) is 5.32 Å². The first-order valence-corrected chi connectivity index (χ1v) is 12.0. The van der Waals surface area contributed by atoms with Gasteiger partial charge in [-0.3, -0.25) is 9.10 Å². The molecule has 0 saturated carbocycles. The van der Waals surface area contributed by atoms with E-state index in [9.17, 15) is 13.2 Å². The SMILES string of the molecule is CCOc1ccc(N(C)S(=O)(=O)c2ccsc2C(=O)Nc2cc(OC)cc(OC)c2)cc1. The normalized spacial score (nSPS) is 11.0. The minimum absolute atomic E-state index is 0.0737. The topological polar surface area (TPSA) is 94.2 Å². The first-order valence-electron chi connectivity index (χ1n) is 9.63. The number of ether oxygens (including phenoxy) is 3. The number of benzene rings is 2. The van der Waals surface area contributed by atoms with Crippen molar-refractivity contribution in [3.05, 3.63) is 58.8 Å². The molecule has 0 atom stereocenters. The number of thiophene rings is 1. The van der Waals surface area contributed by atoms with Gasteiger partial charge in [-0.15, -0.1) is 11.3 Å². The van der Waals surface area contributed by atoms with Crippen molar-refractivity contribution in [2.24, 2.45) is 0 Å². The van der Waals surface area contributed by atoms with E-state index in [1.165, 1.54) is 27.3 Å². The zero-order valence-electron chi connectivity index (χ0n) is 18.1. The Kier molecular flexibility index (Phi) is 7.26. The van der Waals surface area contributed by atoms with Crippen LogP contribution in [0.3, 0.4) is 0 Å². The van der Waals surface area contributed by atoms with Crippen molar-refractivity contribution < 1.29 is 27.4 Å². The van der Waals surface area contributed by atoms with Crippen LogP contribution in [-0.4, -0.2) is 42.2 Å². The van der Waals surface area contributed by atoms with E-state index < -0.39 is 15.9 Å². The number of amides is 1. The first-order chi connectivity index (χ1) is 15.3. The Morgan fingerprint density at radius 3 is 2.19 bits per heavy atom. The Morgan fingerprint density at radius 2 is 1.62 bits per heavy atom. The number of carbonyl (C=O) groups is 1. The van der Waals surface area contributed by atoms with Gasteiger partial charge in [-0.2, -0.15) is 0 Å². The number of carbonyl (C=O) groups excluding carboxylic acids is 1. The lowest BCUT2D eigenvalue weighted by Crippen LogP contribution is -2.28. The van der Waals surface area contributed by atoms with E-state index in [-0.39, 0.29) is 9.77 Å². The summed E-state index contributed by atoms with van der Waals surface area (Å²) in [5, 5.41) is 4.29. The van der Waals surface area contributed by atoms with Gasteiger partial charge in [0.1, 0.15) is 27.0 Å². The number of hydrogen-bond acceptors (Lipinski definition) is 7. The van der Waals surface area contributed by atoms with Crippen molar-refractivity contribution in [2.45, 2.75) is 11.8 Å². The standard InChI is InChI=1S/C22H24N2O6S2/c1-5-30-17-8-6-16(7-9-17)24(2)32(26,27)20-10-11-31-21(20)22(25)23-15-12-18(28-3)14-19(13-15)29-4/h6-14H,5H2,1-4H3,(H,23,25). The van der Waals surface area contributed by atoms with E-state index in [1.807, 2.05) is 6.92 Å². The minimum Gasteiger partial charge on any atom is -0.497 e. The molecule has 0 spiro atoms. The first kappa shape index (κ1) is 23.4. The molecule has 0 aliphatic heterocycles. The van der Waals surface area contributed by atoms with Crippen LogP contribution in [0.25, 0.3) is 0 Å². The third-order valence-electron chi connectivity index (χ3n) is 4.59. The summed E-state index contributed by atoms with van der Waals surface area (Å²) in [7, 11) is 0.469. The average Bonchev–Trinajstić information content (AvgIpc) is 3.30. The Hall–Kier alpha value is -3.24. The van der Waals surface area contributed by atoms with Crippen molar-refractivity contribution in [1.82, 2.24) is 0 Å². The summed E-state index contributed by atoms with van der Waals surface area (Å²) in [6.45, 7) is 2.38. The van der Waals surface area contributed by atoms with E-state index in [4.69, 9.17) is 14.2 Å². The van der Waals surface area contributed by atoms with E-state index in [0.717, 1.165) is 15.6 Å². The lowest BCUT2D eigenvalue weighted by atomic mass is 10.2. The van der Waals surface area contributed by atoms with Crippen LogP contribution < -0.4 is 23.8 Å². The van der Waals surface area contributed by atoms with Gasteiger partial charge in [0.25, 0.3) is 15.9 Å². The molecule has 32 heavy (non-hydrogen) atoms. The van der Waals surface area contributed by atoms with E-state index in [1.54, 1.807) is 47.8 Å². The monoisotopic (exact) mass is 476 g/mol. The van der Waals surface area contributed by atoms with Gasteiger partial charge >= 0.3 is 0 Å². The molecule has 10 heteroatoms. The molecule has 1 amide bonds. The van der Waals surface area contributed by atoms with Gasteiger partial charge < -0.3 is 19.5 Å². The predicted molar refractivity (Wildman–Crippen MR) is 125 cm³/mol. The van der Waals surface area contributed by atoms with Crippen molar-refractivity contribution >= 4 is 38.6 Å². The third-order valence-corrected chi connectivity index (χ3v) is 7.46. The molecule has 8 nitrogen and oxygen atoms in total. The van der Waals surface area contributed by atoms with Gasteiger partial charge in [-0.05, 0) is 42.6 Å². The molecule has 0 unspecified atom stereocenters. The molecule has 1 aromatic heterocycles. The zero-order chi connectivity index (χ0) is 23.3. The Morgan fingerprint density at radius 1 is 1.00 bits per heavy atom. The Bertz CT molecular complexity index is 1170. The fraction of sp³-hybridized carbons (Fsp3) is 0.227. The van der Waals surface area contributed by atoms with Crippen molar-refractivity contribution in [3.63, 3.8) is 0 Å². The maximum absolute atomic E-state index is 13.3. The van der Waals surface area contributed by atoms with Gasteiger partial charge in [0.15, 0.2) is 0 Å². The molecule has 0 bridgehead atoms. The number of nitrogens with zero attached hydrogens (tertiary/aromatic N) is 1. The maximum Gasteiger partial charge on any atom is 0.267 e. The molecule has 0 fully saturated rings. The van der Waals surface area contributed by atoms with Gasteiger partial charge in [-0.25, -0.2) is 8.42 Å². The fourth-order valence-electron chi connectivity index (χ4n) is 2.94. The molecule has 3 aromatic rings. The third kappa shape index (κ3) is 4.97. The van der Waals surface area contributed by atoms with Crippen LogP contribution in [0.1, 0.15) is 16.6 Å². The van der Waals surface area contributed by atoms with Crippen LogP contribution >= 0.6 is 11.3 Å². The van der Waals surface area contributed by atoms with Crippen LogP contribution in [0, 0.1) is 0 Å². The summed E-state index contributed by atoms with van der Waals surface area (Å²) >= 11 is 1.04. The molecule has 0 radical (unpaired) electrons. The highest BCUT2D eigenvalue weighted by molar-refractivity contribution is 7.93. The summed E-state index contributed by atoms with van der Waals surface area (Å²) in [6, 6.07) is 13.0. The smallest absolute Gasteiger partial charge is 0.267 e. The van der Waals surface area contributed by atoms with E-state index >= 15 is 0 Å². The van der Waals surface area contributed by atoms with Gasteiger partial charge in [-0.1, -0.05) is 0 Å². The maximum atomic E-state index is 13.3. The number of anilines is 2. The molecular formula is C22H24N2O6S2. The summed E-state index contributed by atoms with van der Waals surface area (Å²) in [6.07, 6.45) is 0. The molecule has 170 valence electrons. The molecule has 0 saturated heterocycles. The van der Waals surface area contributed by atoms with Crippen LogP contribution in [-0.2, 0) is 10.0 Å². The molecule has 3 rings (SSSR count). The van der Waals surface area contributed by atoms with Crippen LogP contribution in [0.5, 0.6) is 17.2 Å². The minimum atomic E-state index is -3.97. The van der Waals surface area contributed by atoms with E-state index in [0.29, 0.717) is 35.2 Å². The average molecular weight is 477 g/mol. The molecule has 2 aromatic carbocycles. The van der Waals surface area contributed by atoms with Crippen molar-refractivity contribution in [3.8, 4) is 17.2 Å². The largest absolute Gasteiger partial charge is 0.497 e. The summed E-state index contributed by atoms with van der Waals surface area (Å²) in [4.78, 5) is 12.9. The van der Waals surface area contributed by atoms with Crippen LogP contribution in [0.4, 0.5) is 11.4 Å². The van der Waals surface area contributed by atoms with Crippen LogP contribution in [0.15, 0.2) is 58.8 Å². The number of hydrogen-bond donors (Lipinski definition) is 1. The molecular weight excluding hydrogens is 452 g/mol. The Balaban J connectivity index is 1.87. The Labute approximate surface area is 191 Å². The quantitative estimate of drug-likeness (QED) is 0.496. The highest BCUT2D eigenvalue weighted by Gasteiger charge is 2.28. The highest BCUT2D eigenvalue weighted by atomic mass is 32.2. The lowest BCUT2D eigenvalue weighted by Gasteiger charge is -2.20. The number of methoxy groups -OCH3 is 2. The zero-order valence-corrected chi connectivity index (χ0v) is 19.7. The molecule has 1 N–H and O–H groups in total. The van der Waals surface area contributed by atoms with Crippen molar-refractivity contribution in [1.29, 1.82) is 0 Å².